The number of thiazole rings is 1. The Bertz CT molecular complexity index is 1210. The number of aromatic nitrogens is 1. The van der Waals surface area contributed by atoms with Crippen LogP contribution in [0.2, 0.25) is 0 Å². The molecular formula is C23H29N3O3S2. The molecular weight excluding hydrogens is 430 g/mol. The van der Waals surface area contributed by atoms with Gasteiger partial charge < -0.3 is 4.90 Å². The zero-order valence-electron chi connectivity index (χ0n) is 18.0. The third-order valence-electron chi connectivity index (χ3n) is 5.82. The number of aryl methyl sites for hydroxylation is 1. The lowest BCUT2D eigenvalue weighted by Crippen LogP contribution is -2.34. The molecule has 1 aromatic heterocycles. The largest absolute Gasteiger partial charge is 0.371 e. The lowest BCUT2D eigenvalue weighted by Gasteiger charge is -2.32. The topological polar surface area (TPSA) is 71.4 Å². The molecule has 1 fully saturated rings. The third-order valence-corrected chi connectivity index (χ3v) is 8.16. The summed E-state index contributed by atoms with van der Waals surface area (Å²) in [6.45, 7) is 7.30. The van der Waals surface area contributed by atoms with E-state index in [2.05, 4.69) is 28.7 Å². The highest BCUT2D eigenvalue weighted by atomic mass is 32.2. The summed E-state index contributed by atoms with van der Waals surface area (Å²) >= 11 is 1.09. The van der Waals surface area contributed by atoms with Gasteiger partial charge in [0.1, 0.15) is 0 Å². The van der Waals surface area contributed by atoms with Crippen molar-refractivity contribution in [2.75, 3.05) is 18.0 Å². The number of hydrogen-bond donors (Lipinski definition) is 1. The van der Waals surface area contributed by atoms with E-state index in [4.69, 9.17) is 0 Å². The van der Waals surface area contributed by atoms with E-state index in [-0.39, 0.29) is 16.3 Å². The lowest BCUT2D eigenvalue weighted by molar-refractivity contribution is 0.447. The summed E-state index contributed by atoms with van der Waals surface area (Å²) in [4.78, 5) is 14.7. The van der Waals surface area contributed by atoms with Crippen LogP contribution in [0.4, 0.5) is 5.69 Å². The molecule has 6 nitrogen and oxygen atoms in total. The molecule has 4 rings (SSSR count). The van der Waals surface area contributed by atoms with Gasteiger partial charge in [-0.3, -0.25) is 9.36 Å². The van der Waals surface area contributed by atoms with Gasteiger partial charge in [-0.2, -0.15) is 0 Å². The van der Waals surface area contributed by atoms with Crippen molar-refractivity contribution in [2.45, 2.75) is 51.1 Å². The van der Waals surface area contributed by atoms with E-state index in [1.807, 2.05) is 19.1 Å². The van der Waals surface area contributed by atoms with Crippen LogP contribution in [0.5, 0.6) is 0 Å². The first-order valence-corrected chi connectivity index (χ1v) is 13.1. The van der Waals surface area contributed by atoms with E-state index in [0.29, 0.717) is 17.2 Å². The summed E-state index contributed by atoms with van der Waals surface area (Å²) in [5.74, 6) is 0.704. The monoisotopic (exact) mass is 459 g/mol. The minimum Gasteiger partial charge on any atom is -0.371 e. The molecule has 1 atom stereocenters. The number of fused-ring (bicyclic) bond motifs is 1. The number of benzene rings is 2. The van der Waals surface area contributed by atoms with E-state index in [9.17, 15) is 13.2 Å². The Morgan fingerprint density at radius 2 is 1.94 bits per heavy atom. The van der Waals surface area contributed by atoms with Gasteiger partial charge in [-0.1, -0.05) is 37.3 Å². The van der Waals surface area contributed by atoms with Crippen LogP contribution in [0, 0.1) is 5.92 Å². The van der Waals surface area contributed by atoms with Crippen molar-refractivity contribution < 1.29 is 8.42 Å². The van der Waals surface area contributed by atoms with Crippen molar-refractivity contribution >= 4 is 37.3 Å². The summed E-state index contributed by atoms with van der Waals surface area (Å²) in [5, 5.41) is 0. The number of piperidine rings is 1. The predicted octanol–water partition coefficient (Wildman–Crippen LogP) is 4.19. The molecule has 0 bridgehead atoms. The first-order chi connectivity index (χ1) is 14.9. The molecule has 2 aromatic carbocycles. The van der Waals surface area contributed by atoms with E-state index < -0.39 is 10.0 Å². The van der Waals surface area contributed by atoms with Crippen molar-refractivity contribution in [3.8, 4) is 0 Å². The Kier molecular flexibility index (Phi) is 6.50. The highest BCUT2D eigenvalue weighted by molar-refractivity contribution is 7.89. The average molecular weight is 460 g/mol. The summed E-state index contributed by atoms with van der Waals surface area (Å²) < 4.78 is 30.7. The van der Waals surface area contributed by atoms with E-state index in [0.717, 1.165) is 41.9 Å². The minimum absolute atomic E-state index is 0.0532. The second-order valence-electron chi connectivity index (χ2n) is 8.33. The lowest BCUT2D eigenvalue weighted by atomic mass is 9.99. The van der Waals surface area contributed by atoms with Crippen molar-refractivity contribution in [3.05, 3.63) is 57.7 Å². The number of nitrogens with one attached hydrogen (secondary N) is 1. The molecule has 0 saturated carbocycles. The van der Waals surface area contributed by atoms with Gasteiger partial charge in [0.05, 0.1) is 15.1 Å². The maximum Gasteiger partial charge on any atom is 0.308 e. The van der Waals surface area contributed by atoms with Crippen molar-refractivity contribution in [1.29, 1.82) is 0 Å². The Labute approximate surface area is 187 Å². The zero-order valence-corrected chi connectivity index (χ0v) is 19.6. The normalized spacial score (nSPS) is 17.4. The van der Waals surface area contributed by atoms with Gasteiger partial charge in [0.2, 0.25) is 10.0 Å². The standard InChI is InChI=1S/C23H29N3O3S2/c1-3-12-26-21-11-10-20(14-22(21)30-23(26)27)31(28,29)24-15-18-6-8-19(9-7-18)25-13-4-5-17(2)16-25/h6-11,14,17,24H,3-5,12-13,15-16H2,1-2H3/t17-/m0/s1. The van der Waals surface area contributed by atoms with Crippen LogP contribution in [-0.2, 0) is 23.1 Å². The second-order valence-corrected chi connectivity index (χ2v) is 11.1. The third kappa shape index (κ3) is 4.86. The minimum atomic E-state index is -3.67. The van der Waals surface area contributed by atoms with Gasteiger partial charge in [0, 0.05) is 31.9 Å². The summed E-state index contributed by atoms with van der Waals surface area (Å²) in [7, 11) is -3.67. The fraction of sp³-hybridized carbons (Fsp3) is 0.435. The average Bonchev–Trinajstić information content (AvgIpc) is 3.07. The number of nitrogens with zero attached hydrogens (tertiary/aromatic N) is 2. The van der Waals surface area contributed by atoms with Crippen LogP contribution >= 0.6 is 11.3 Å². The Hall–Kier alpha value is -2.16. The molecule has 1 saturated heterocycles. The maximum absolute atomic E-state index is 12.8. The second kappa shape index (κ2) is 9.14. The molecule has 3 aromatic rings. The molecule has 0 radical (unpaired) electrons. The Morgan fingerprint density at radius 1 is 1.16 bits per heavy atom. The molecule has 166 valence electrons. The number of sulfonamides is 1. The number of rotatable bonds is 7. The SMILES string of the molecule is CCCn1c(=O)sc2cc(S(=O)(=O)NCc3ccc(N4CCC[C@H](C)C4)cc3)ccc21. The summed E-state index contributed by atoms with van der Waals surface area (Å²) in [5.41, 5.74) is 2.89. The van der Waals surface area contributed by atoms with Crippen molar-refractivity contribution in [2.24, 2.45) is 5.92 Å². The number of hydrogen-bond acceptors (Lipinski definition) is 5. The molecule has 8 heteroatoms. The first-order valence-electron chi connectivity index (χ1n) is 10.8. The predicted molar refractivity (Wildman–Crippen MR) is 127 cm³/mol. The molecule has 0 aliphatic carbocycles. The van der Waals surface area contributed by atoms with Gasteiger partial charge in [0.15, 0.2) is 0 Å². The van der Waals surface area contributed by atoms with E-state index in [1.54, 1.807) is 22.8 Å². The highest BCUT2D eigenvalue weighted by Gasteiger charge is 2.18. The van der Waals surface area contributed by atoms with Crippen LogP contribution in [0.15, 0.2) is 52.2 Å². The highest BCUT2D eigenvalue weighted by Crippen LogP contribution is 2.24. The molecule has 2 heterocycles. The van der Waals surface area contributed by atoms with Gasteiger partial charge in [-0.05, 0) is 61.1 Å². The molecule has 31 heavy (non-hydrogen) atoms. The summed E-state index contributed by atoms with van der Waals surface area (Å²) in [6.07, 6.45) is 3.34. The smallest absolute Gasteiger partial charge is 0.308 e. The van der Waals surface area contributed by atoms with Crippen LogP contribution < -0.4 is 14.5 Å². The zero-order chi connectivity index (χ0) is 22.0. The maximum atomic E-state index is 12.8. The molecule has 1 aliphatic rings. The fourth-order valence-corrected chi connectivity index (χ4v) is 6.23. The van der Waals surface area contributed by atoms with Gasteiger partial charge in [-0.15, -0.1) is 0 Å². The number of anilines is 1. The van der Waals surface area contributed by atoms with Crippen molar-refractivity contribution in [1.82, 2.24) is 9.29 Å². The van der Waals surface area contributed by atoms with Crippen LogP contribution in [-0.4, -0.2) is 26.1 Å². The Balaban J connectivity index is 1.46. The fourth-order valence-electron chi connectivity index (χ4n) is 4.16. The molecule has 0 unspecified atom stereocenters. The van der Waals surface area contributed by atoms with Gasteiger partial charge in [-0.25, -0.2) is 13.1 Å². The van der Waals surface area contributed by atoms with Crippen LogP contribution in [0.25, 0.3) is 10.2 Å². The Morgan fingerprint density at radius 3 is 2.65 bits per heavy atom. The van der Waals surface area contributed by atoms with E-state index >= 15 is 0 Å². The summed E-state index contributed by atoms with van der Waals surface area (Å²) in [6, 6.07) is 13.0. The van der Waals surface area contributed by atoms with E-state index in [1.165, 1.54) is 18.5 Å². The molecule has 0 amide bonds. The van der Waals surface area contributed by atoms with Crippen LogP contribution in [0.1, 0.15) is 38.7 Å². The first kappa shape index (κ1) is 22.0. The van der Waals surface area contributed by atoms with Gasteiger partial charge in [0.25, 0.3) is 0 Å². The van der Waals surface area contributed by atoms with Crippen molar-refractivity contribution in [3.63, 3.8) is 0 Å². The molecule has 0 spiro atoms. The van der Waals surface area contributed by atoms with Crippen LogP contribution in [0.3, 0.4) is 0 Å². The quantitative estimate of drug-likeness (QED) is 0.575. The molecule has 1 aliphatic heterocycles. The molecule has 1 N–H and O–H groups in total. The van der Waals surface area contributed by atoms with Gasteiger partial charge >= 0.3 is 4.87 Å².